The summed E-state index contributed by atoms with van der Waals surface area (Å²) in [6.07, 6.45) is 2.57. The van der Waals surface area contributed by atoms with Gasteiger partial charge in [0.1, 0.15) is 12.4 Å². The summed E-state index contributed by atoms with van der Waals surface area (Å²) in [6, 6.07) is 18.8. The molecule has 1 aliphatic rings. The van der Waals surface area contributed by atoms with E-state index in [1.54, 1.807) is 24.3 Å². The molecule has 0 unspecified atom stereocenters. The Bertz CT molecular complexity index is 1480. The fraction of sp³-hybridized carbons (Fsp3) is 0.303. The number of carbonyl (C=O) groups excluding carboxylic acids is 3. The van der Waals surface area contributed by atoms with Crippen LogP contribution in [0.15, 0.2) is 65.6 Å². The summed E-state index contributed by atoms with van der Waals surface area (Å²) in [5, 5.41) is 2.47. The lowest BCUT2D eigenvalue weighted by molar-refractivity contribution is -0.123. The topological polar surface area (TPSA) is 94.2 Å². The van der Waals surface area contributed by atoms with Crippen molar-refractivity contribution in [3.8, 4) is 17.2 Å². The number of thioether (sulfide) groups is 1. The molecule has 0 aromatic heterocycles. The van der Waals surface area contributed by atoms with Gasteiger partial charge in [0.2, 0.25) is 0 Å². The lowest BCUT2D eigenvalue weighted by Gasteiger charge is -2.17. The van der Waals surface area contributed by atoms with Crippen molar-refractivity contribution in [2.75, 3.05) is 32.2 Å². The zero-order valence-corrected chi connectivity index (χ0v) is 25.4. The molecule has 1 fully saturated rings. The van der Waals surface area contributed by atoms with Gasteiger partial charge in [-0.3, -0.25) is 19.3 Å². The molecule has 3 amide bonds. The number of rotatable bonds is 12. The van der Waals surface area contributed by atoms with Crippen LogP contribution < -0.4 is 19.5 Å². The van der Waals surface area contributed by atoms with E-state index < -0.39 is 0 Å². The van der Waals surface area contributed by atoms with E-state index in [0.717, 1.165) is 35.1 Å². The fourth-order valence-corrected chi connectivity index (χ4v) is 5.26. The molecule has 0 atom stereocenters. The predicted octanol–water partition coefficient (Wildman–Crippen LogP) is 6.82. The molecule has 4 rings (SSSR count). The quantitative estimate of drug-likeness (QED) is 0.232. The van der Waals surface area contributed by atoms with Gasteiger partial charge in [0, 0.05) is 5.69 Å². The Labute approximate surface area is 251 Å². The third kappa shape index (κ3) is 7.73. The van der Waals surface area contributed by atoms with Crippen molar-refractivity contribution in [3.63, 3.8) is 0 Å². The molecule has 3 aromatic carbocycles. The molecule has 0 radical (unpaired) electrons. The van der Waals surface area contributed by atoms with E-state index in [4.69, 9.17) is 14.2 Å². The van der Waals surface area contributed by atoms with E-state index in [2.05, 4.69) is 26.1 Å². The molecule has 3 aromatic rings. The van der Waals surface area contributed by atoms with Crippen LogP contribution in [0.1, 0.15) is 48.9 Å². The highest BCUT2D eigenvalue weighted by Gasteiger charge is 2.35. The van der Waals surface area contributed by atoms with Crippen LogP contribution in [0, 0.1) is 6.92 Å². The minimum absolute atomic E-state index is 0.147. The summed E-state index contributed by atoms with van der Waals surface area (Å²) in [5.41, 5.74) is 4.70. The number of amides is 3. The third-order valence-corrected chi connectivity index (χ3v) is 7.63. The number of anilines is 1. The zero-order valence-electron chi connectivity index (χ0n) is 24.6. The minimum atomic E-state index is -0.371. The first-order valence-corrected chi connectivity index (χ1v) is 14.7. The molecule has 1 aliphatic heterocycles. The minimum Gasteiger partial charge on any atom is -0.493 e. The summed E-state index contributed by atoms with van der Waals surface area (Å²) < 4.78 is 17.1. The normalized spacial score (nSPS) is 14.0. The monoisotopic (exact) mass is 588 g/mol. The van der Waals surface area contributed by atoms with E-state index in [0.29, 0.717) is 27.7 Å². The number of methoxy groups -OCH3 is 1. The highest BCUT2D eigenvalue weighted by Crippen LogP contribution is 2.35. The van der Waals surface area contributed by atoms with Crippen LogP contribution in [0.3, 0.4) is 0 Å². The Morgan fingerprint density at radius 2 is 1.74 bits per heavy atom. The van der Waals surface area contributed by atoms with E-state index in [9.17, 15) is 14.4 Å². The van der Waals surface area contributed by atoms with E-state index in [1.165, 1.54) is 17.6 Å². The molecule has 8 nitrogen and oxygen atoms in total. The molecule has 0 bridgehead atoms. The molecule has 1 heterocycles. The maximum atomic E-state index is 13.0. The molecule has 220 valence electrons. The van der Waals surface area contributed by atoms with Crippen LogP contribution in [-0.2, 0) is 16.0 Å². The lowest BCUT2D eigenvalue weighted by atomic mass is 10.0. The van der Waals surface area contributed by atoms with Gasteiger partial charge in [-0.2, -0.15) is 0 Å². The Morgan fingerprint density at radius 3 is 2.43 bits per heavy atom. The maximum Gasteiger partial charge on any atom is 0.293 e. The Kier molecular flexibility index (Phi) is 10.3. The van der Waals surface area contributed by atoms with Crippen LogP contribution in [0.4, 0.5) is 10.5 Å². The second-order valence-corrected chi connectivity index (χ2v) is 11.2. The highest BCUT2D eigenvalue weighted by molar-refractivity contribution is 8.18. The summed E-state index contributed by atoms with van der Waals surface area (Å²) >= 11 is 0.886. The van der Waals surface area contributed by atoms with Gasteiger partial charge in [0.25, 0.3) is 17.1 Å². The Hall–Kier alpha value is -4.24. The fourth-order valence-electron chi connectivity index (χ4n) is 4.39. The Balaban J connectivity index is 1.35. The molecular formula is C33H36N2O6S. The summed E-state index contributed by atoms with van der Waals surface area (Å²) in [5.74, 6) is 1.17. The Morgan fingerprint density at radius 1 is 0.976 bits per heavy atom. The first-order valence-electron chi connectivity index (χ1n) is 13.9. The predicted molar refractivity (Wildman–Crippen MR) is 166 cm³/mol. The number of nitrogens with one attached hydrogen (secondary N) is 1. The zero-order chi connectivity index (χ0) is 30.2. The van der Waals surface area contributed by atoms with Gasteiger partial charge in [-0.25, -0.2) is 0 Å². The average molecular weight is 589 g/mol. The van der Waals surface area contributed by atoms with Crippen LogP contribution in [0.5, 0.6) is 17.2 Å². The van der Waals surface area contributed by atoms with Crippen molar-refractivity contribution in [2.45, 2.75) is 40.0 Å². The molecule has 42 heavy (non-hydrogen) atoms. The van der Waals surface area contributed by atoms with E-state index in [-0.39, 0.29) is 42.7 Å². The largest absolute Gasteiger partial charge is 0.493 e. The summed E-state index contributed by atoms with van der Waals surface area (Å²) in [4.78, 5) is 39.6. The average Bonchev–Trinajstić information content (AvgIpc) is 3.23. The first kappa shape index (κ1) is 30.7. The summed E-state index contributed by atoms with van der Waals surface area (Å²) in [6.45, 7) is 8.40. The number of hydrogen-bond donors (Lipinski definition) is 1. The molecule has 1 N–H and O–H groups in total. The van der Waals surface area contributed by atoms with Gasteiger partial charge < -0.3 is 19.5 Å². The van der Waals surface area contributed by atoms with Crippen molar-refractivity contribution >= 4 is 40.6 Å². The number of nitrogens with zero attached hydrogens (tertiary/aromatic N) is 1. The molecule has 1 saturated heterocycles. The van der Waals surface area contributed by atoms with Gasteiger partial charge in [0.05, 0.1) is 18.6 Å². The molecular weight excluding hydrogens is 552 g/mol. The van der Waals surface area contributed by atoms with Crippen LogP contribution in [0.2, 0.25) is 0 Å². The first-order chi connectivity index (χ1) is 20.2. The second-order valence-electron chi connectivity index (χ2n) is 10.2. The number of hydrogen-bond acceptors (Lipinski definition) is 7. The van der Waals surface area contributed by atoms with Crippen LogP contribution in [0.25, 0.3) is 6.08 Å². The van der Waals surface area contributed by atoms with Gasteiger partial charge in [-0.15, -0.1) is 0 Å². The highest BCUT2D eigenvalue weighted by atomic mass is 32.2. The molecule has 0 saturated carbocycles. The van der Waals surface area contributed by atoms with Gasteiger partial charge in [0.15, 0.2) is 18.1 Å². The number of ether oxygens (including phenoxy) is 3. The van der Waals surface area contributed by atoms with Crippen molar-refractivity contribution in [3.05, 3.63) is 87.8 Å². The van der Waals surface area contributed by atoms with E-state index in [1.807, 2.05) is 49.4 Å². The second kappa shape index (κ2) is 14.1. The van der Waals surface area contributed by atoms with Crippen molar-refractivity contribution in [1.29, 1.82) is 0 Å². The lowest BCUT2D eigenvalue weighted by Crippen LogP contribution is -2.32. The van der Waals surface area contributed by atoms with Crippen LogP contribution >= 0.6 is 11.8 Å². The smallest absolute Gasteiger partial charge is 0.293 e. The number of aryl methyl sites for hydroxylation is 2. The van der Waals surface area contributed by atoms with Crippen molar-refractivity contribution in [1.82, 2.24) is 4.90 Å². The number of benzene rings is 3. The number of imide groups is 1. The molecule has 9 heteroatoms. The number of carbonyl (C=O) groups is 3. The third-order valence-electron chi connectivity index (χ3n) is 6.73. The summed E-state index contributed by atoms with van der Waals surface area (Å²) in [7, 11) is 1.49. The van der Waals surface area contributed by atoms with Gasteiger partial charge in [-0.1, -0.05) is 51.1 Å². The van der Waals surface area contributed by atoms with Gasteiger partial charge in [-0.05, 0) is 89.7 Å². The van der Waals surface area contributed by atoms with Crippen molar-refractivity contribution in [2.24, 2.45) is 0 Å². The van der Waals surface area contributed by atoms with Crippen LogP contribution in [-0.4, -0.2) is 48.8 Å². The standard InChI is InChI=1S/C33H36N2O6S/c1-6-23-8-11-25(12-9-23)34-31(36)20-41-27-14-10-24(18-29(27)39-5)19-30-32(37)35(33(38)42-30)15-16-40-28-17-22(4)7-13-26(28)21(2)3/h7-14,17-19,21H,6,15-16,20H2,1-5H3,(H,34,36)/b30-19-. The van der Waals surface area contributed by atoms with Gasteiger partial charge >= 0.3 is 0 Å². The van der Waals surface area contributed by atoms with E-state index >= 15 is 0 Å². The SMILES string of the molecule is CCc1ccc(NC(=O)COc2ccc(/C=C3\SC(=O)N(CCOc4cc(C)ccc4C(C)C)C3=O)cc2OC)cc1. The van der Waals surface area contributed by atoms with Crippen molar-refractivity contribution < 1.29 is 28.6 Å². The molecule has 0 aliphatic carbocycles. The molecule has 0 spiro atoms. The maximum absolute atomic E-state index is 13.0.